The molecule has 142 valence electrons. The molecule has 1 aromatic carbocycles. The summed E-state index contributed by atoms with van der Waals surface area (Å²) in [5.41, 5.74) is 3.11. The monoisotopic (exact) mass is 377 g/mol. The van der Waals surface area contributed by atoms with Crippen molar-refractivity contribution >= 4 is 22.4 Å². The molecule has 2 aromatic rings. The van der Waals surface area contributed by atoms with Crippen molar-refractivity contribution in [3.05, 3.63) is 52.2 Å². The van der Waals surface area contributed by atoms with E-state index in [9.17, 15) is 14.3 Å². The first-order chi connectivity index (χ1) is 12.5. The third-order valence-electron chi connectivity index (χ3n) is 4.87. The van der Waals surface area contributed by atoms with Crippen LogP contribution in [0.4, 0.5) is 14.2 Å². The molecule has 0 radical (unpaired) electrons. The minimum absolute atomic E-state index is 0.225. The van der Waals surface area contributed by atoms with Crippen LogP contribution in [0.5, 0.6) is 0 Å². The van der Waals surface area contributed by atoms with Crippen molar-refractivity contribution < 1.29 is 14.3 Å². The van der Waals surface area contributed by atoms with Crippen LogP contribution in [0, 0.1) is 12.7 Å². The van der Waals surface area contributed by atoms with Gasteiger partial charge in [-0.1, -0.05) is 45.2 Å². The Bertz CT molecular complexity index is 711. The van der Waals surface area contributed by atoms with Crippen LogP contribution in [-0.2, 0) is 6.54 Å². The quantitative estimate of drug-likeness (QED) is 0.480. The number of unbranched alkanes of at least 4 members (excludes halogenated alkanes) is 2. The molecule has 0 aliphatic heterocycles. The number of benzene rings is 1. The van der Waals surface area contributed by atoms with E-state index in [4.69, 9.17) is 0 Å². The normalized spacial score (nSPS) is 12.2. The maximum Gasteiger partial charge on any atom is 0.412 e. The standard InChI is InChI=1S/C21H28FNO2S/c1-4-6-7-8-17(5-2)19-14-26-20(15(19)3)23(21(24)25)13-16-9-11-18(22)12-10-16/h9-12,14,17H,4-8,13H2,1-3H3,(H,24,25). The maximum absolute atomic E-state index is 13.1. The summed E-state index contributed by atoms with van der Waals surface area (Å²) in [6.45, 7) is 6.64. The summed E-state index contributed by atoms with van der Waals surface area (Å²) in [6.07, 6.45) is 4.87. The molecule has 0 saturated carbocycles. The number of thiophene rings is 1. The number of hydrogen-bond donors (Lipinski definition) is 1. The summed E-state index contributed by atoms with van der Waals surface area (Å²) in [7, 11) is 0. The Hall–Kier alpha value is -1.88. The molecule has 0 fully saturated rings. The fourth-order valence-corrected chi connectivity index (χ4v) is 4.48. The van der Waals surface area contributed by atoms with Crippen molar-refractivity contribution in [3.8, 4) is 0 Å². The van der Waals surface area contributed by atoms with Crippen LogP contribution in [0.2, 0.25) is 0 Å². The largest absolute Gasteiger partial charge is 0.465 e. The summed E-state index contributed by atoms with van der Waals surface area (Å²) in [5.74, 6) is 0.163. The van der Waals surface area contributed by atoms with Gasteiger partial charge in [0.1, 0.15) is 10.8 Å². The molecule has 1 N–H and O–H groups in total. The molecule has 1 aromatic heterocycles. The van der Waals surface area contributed by atoms with E-state index in [1.165, 1.54) is 53.2 Å². The average molecular weight is 378 g/mol. The SMILES string of the molecule is CCCCCC(CC)c1csc(N(Cc2ccc(F)cc2)C(=O)O)c1C. The van der Waals surface area contributed by atoms with Crippen molar-refractivity contribution in [1.82, 2.24) is 0 Å². The van der Waals surface area contributed by atoms with Gasteiger partial charge < -0.3 is 5.11 Å². The molecular weight excluding hydrogens is 349 g/mol. The zero-order chi connectivity index (χ0) is 19.1. The van der Waals surface area contributed by atoms with Gasteiger partial charge in [0, 0.05) is 0 Å². The molecule has 0 spiro atoms. The number of anilines is 1. The second-order valence-corrected chi connectivity index (χ2v) is 7.58. The molecule has 0 saturated heterocycles. The molecule has 0 aliphatic rings. The fourth-order valence-electron chi connectivity index (χ4n) is 3.31. The second kappa shape index (κ2) is 9.72. The minimum Gasteiger partial charge on any atom is -0.465 e. The summed E-state index contributed by atoms with van der Waals surface area (Å²) in [5, 5.41) is 12.6. The highest BCUT2D eigenvalue weighted by Gasteiger charge is 2.23. The van der Waals surface area contributed by atoms with E-state index in [-0.39, 0.29) is 12.4 Å². The molecule has 1 amide bonds. The molecule has 0 aliphatic carbocycles. The smallest absolute Gasteiger partial charge is 0.412 e. The first-order valence-electron chi connectivity index (χ1n) is 9.30. The Morgan fingerprint density at radius 1 is 1.23 bits per heavy atom. The Morgan fingerprint density at radius 2 is 1.92 bits per heavy atom. The lowest BCUT2D eigenvalue weighted by Gasteiger charge is -2.20. The molecule has 0 bridgehead atoms. The van der Waals surface area contributed by atoms with Crippen molar-refractivity contribution in [3.63, 3.8) is 0 Å². The van der Waals surface area contributed by atoms with E-state index in [2.05, 4.69) is 19.2 Å². The van der Waals surface area contributed by atoms with Crippen LogP contribution in [0.15, 0.2) is 29.6 Å². The van der Waals surface area contributed by atoms with Gasteiger partial charge in [0.25, 0.3) is 0 Å². The van der Waals surface area contributed by atoms with Crippen LogP contribution < -0.4 is 4.90 Å². The van der Waals surface area contributed by atoms with Crippen molar-refractivity contribution in [1.29, 1.82) is 0 Å². The highest BCUT2D eigenvalue weighted by molar-refractivity contribution is 7.14. The molecule has 5 heteroatoms. The van der Waals surface area contributed by atoms with Crippen LogP contribution in [0.3, 0.4) is 0 Å². The van der Waals surface area contributed by atoms with E-state index in [1.807, 2.05) is 6.92 Å². The Labute approximate surface area is 159 Å². The third kappa shape index (κ3) is 5.07. The van der Waals surface area contributed by atoms with Crippen molar-refractivity contribution in [2.24, 2.45) is 0 Å². The van der Waals surface area contributed by atoms with Gasteiger partial charge >= 0.3 is 6.09 Å². The number of hydrogen-bond acceptors (Lipinski definition) is 2. The van der Waals surface area contributed by atoms with E-state index < -0.39 is 6.09 Å². The Balaban J connectivity index is 2.22. The molecular formula is C21H28FNO2S. The summed E-state index contributed by atoms with van der Waals surface area (Å²) < 4.78 is 13.1. The predicted octanol–water partition coefficient (Wildman–Crippen LogP) is 6.95. The summed E-state index contributed by atoms with van der Waals surface area (Å²) >= 11 is 1.49. The Kier molecular flexibility index (Phi) is 7.64. The number of halogens is 1. The van der Waals surface area contributed by atoms with Gasteiger partial charge in [0.05, 0.1) is 6.54 Å². The predicted molar refractivity (Wildman–Crippen MR) is 107 cm³/mol. The molecule has 1 atom stereocenters. The van der Waals surface area contributed by atoms with Gasteiger partial charge in [-0.25, -0.2) is 9.18 Å². The highest BCUT2D eigenvalue weighted by Crippen LogP contribution is 2.39. The lowest BCUT2D eigenvalue weighted by atomic mass is 9.90. The molecule has 2 rings (SSSR count). The molecule has 26 heavy (non-hydrogen) atoms. The summed E-state index contributed by atoms with van der Waals surface area (Å²) in [6, 6.07) is 6.00. The van der Waals surface area contributed by atoms with Crippen LogP contribution in [-0.4, -0.2) is 11.2 Å². The second-order valence-electron chi connectivity index (χ2n) is 6.72. The third-order valence-corrected chi connectivity index (χ3v) is 5.99. The number of nitrogens with zero attached hydrogens (tertiary/aromatic N) is 1. The van der Waals surface area contributed by atoms with Gasteiger partial charge in [-0.05, 0) is 59.9 Å². The first-order valence-corrected chi connectivity index (χ1v) is 10.2. The molecule has 1 heterocycles. The maximum atomic E-state index is 13.1. The number of rotatable bonds is 9. The van der Waals surface area contributed by atoms with E-state index in [0.717, 1.165) is 29.0 Å². The van der Waals surface area contributed by atoms with Crippen molar-refractivity contribution in [2.45, 2.75) is 65.3 Å². The van der Waals surface area contributed by atoms with E-state index >= 15 is 0 Å². The molecule has 3 nitrogen and oxygen atoms in total. The van der Waals surface area contributed by atoms with Gasteiger partial charge in [-0.2, -0.15) is 0 Å². The van der Waals surface area contributed by atoms with Gasteiger partial charge in [-0.3, -0.25) is 4.90 Å². The van der Waals surface area contributed by atoms with Gasteiger partial charge in [0.15, 0.2) is 0 Å². The van der Waals surface area contributed by atoms with E-state index in [0.29, 0.717) is 5.92 Å². The lowest BCUT2D eigenvalue weighted by molar-refractivity contribution is 0.201. The first kappa shape index (κ1) is 20.4. The minimum atomic E-state index is -0.982. The van der Waals surface area contributed by atoms with Crippen LogP contribution in [0.1, 0.15) is 68.6 Å². The van der Waals surface area contributed by atoms with E-state index in [1.54, 1.807) is 12.1 Å². The van der Waals surface area contributed by atoms with Crippen molar-refractivity contribution in [2.75, 3.05) is 4.90 Å². The lowest BCUT2D eigenvalue weighted by Crippen LogP contribution is -2.28. The number of carboxylic acid groups (broad SMARTS) is 1. The summed E-state index contributed by atoms with van der Waals surface area (Å²) in [4.78, 5) is 13.2. The van der Waals surface area contributed by atoms with Gasteiger partial charge in [-0.15, -0.1) is 11.3 Å². The molecule has 1 unspecified atom stereocenters. The van der Waals surface area contributed by atoms with Crippen LogP contribution >= 0.6 is 11.3 Å². The average Bonchev–Trinajstić information content (AvgIpc) is 2.99. The van der Waals surface area contributed by atoms with Gasteiger partial charge in [0.2, 0.25) is 0 Å². The number of amides is 1. The Morgan fingerprint density at radius 3 is 2.50 bits per heavy atom. The zero-order valence-corrected chi connectivity index (χ0v) is 16.6. The number of carbonyl (C=O) groups is 1. The topological polar surface area (TPSA) is 40.5 Å². The zero-order valence-electron chi connectivity index (χ0n) is 15.8. The highest BCUT2D eigenvalue weighted by atomic mass is 32.1. The van der Waals surface area contributed by atoms with Crippen LogP contribution in [0.25, 0.3) is 0 Å². The fraction of sp³-hybridized carbons (Fsp3) is 0.476.